The van der Waals surface area contributed by atoms with Crippen LogP contribution in [0.5, 0.6) is 17.2 Å². The summed E-state index contributed by atoms with van der Waals surface area (Å²) in [6, 6.07) is 19.1. The van der Waals surface area contributed by atoms with E-state index in [-0.39, 0.29) is 0 Å². The average Bonchev–Trinajstić information content (AvgIpc) is 2.73. The summed E-state index contributed by atoms with van der Waals surface area (Å²) in [7, 11) is 3.28. The summed E-state index contributed by atoms with van der Waals surface area (Å²) in [4.78, 5) is 0. The maximum Gasteiger partial charge on any atom is 0.161 e. The fraction of sp³-hybridized carbons (Fsp3) is 0.182. The molecule has 0 aliphatic heterocycles. The number of nitrogens with one attached hydrogen (secondary N) is 1. The first-order valence-corrected chi connectivity index (χ1v) is 9.46. The van der Waals surface area contributed by atoms with Crippen LogP contribution in [-0.2, 0) is 13.2 Å². The molecule has 0 saturated carbocycles. The molecule has 0 heterocycles. The van der Waals surface area contributed by atoms with Crippen molar-refractivity contribution < 1.29 is 14.2 Å². The lowest BCUT2D eigenvalue weighted by Gasteiger charge is -2.13. The molecule has 3 aromatic carbocycles. The summed E-state index contributed by atoms with van der Waals surface area (Å²) in [5.74, 6) is 2.17. The third kappa shape index (κ3) is 5.24. The third-order valence-electron chi connectivity index (χ3n) is 4.19. The van der Waals surface area contributed by atoms with Crippen LogP contribution in [0.2, 0.25) is 10.0 Å². The van der Waals surface area contributed by atoms with Crippen molar-refractivity contribution in [1.82, 2.24) is 0 Å². The van der Waals surface area contributed by atoms with E-state index in [4.69, 9.17) is 37.4 Å². The number of benzene rings is 3. The van der Waals surface area contributed by atoms with Gasteiger partial charge in [0.25, 0.3) is 0 Å². The highest BCUT2D eigenvalue weighted by molar-refractivity contribution is 6.42. The Morgan fingerprint density at radius 2 is 1.50 bits per heavy atom. The van der Waals surface area contributed by atoms with E-state index in [2.05, 4.69) is 5.32 Å². The second kappa shape index (κ2) is 9.58. The molecule has 0 saturated heterocycles. The molecular formula is C22H21Cl2NO3. The second-order valence-corrected chi connectivity index (χ2v) is 6.92. The van der Waals surface area contributed by atoms with Gasteiger partial charge < -0.3 is 19.5 Å². The molecule has 0 fully saturated rings. The molecule has 0 spiro atoms. The SMILES string of the molecule is COc1ccc(NCc2ccc(OCc3ccc(Cl)c(Cl)c3)c(OC)c2)cc1. The van der Waals surface area contributed by atoms with Gasteiger partial charge in [0, 0.05) is 12.2 Å². The Balaban J connectivity index is 1.63. The van der Waals surface area contributed by atoms with Gasteiger partial charge in [0.05, 0.1) is 24.3 Å². The first kappa shape index (κ1) is 20.2. The van der Waals surface area contributed by atoms with Crippen molar-refractivity contribution >= 4 is 28.9 Å². The van der Waals surface area contributed by atoms with Gasteiger partial charge in [0.2, 0.25) is 0 Å². The largest absolute Gasteiger partial charge is 0.497 e. The maximum atomic E-state index is 6.05. The van der Waals surface area contributed by atoms with E-state index in [1.54, 1.807) is 26.4 Å². The molecule has 3 rings (SSSR count). The zero-order valence-corrected chi connectivity index (χ0v) is 17.2. The Bertz CT molecular complexity index is 930. The van der Waals surface area contributed by atoms with E-state index < -0.39 is 0 Å². The Labute approximate surface area is 175 Å². The number of hydrogen-bond acceptors (Lipinski definition) is 4. The van der Waals surface area contributed by atoms with Gasteiger partial charge in [-0.25, -0.2) is 0 Å². The van der Waals surface area contributed by atoms with Crippen molar-refractivity contribution in [2.75, 3.05) is 19.5 Å². The van der Waals surface area contributed by atoms with E-state index in [1.165, 1.54) is 0 Å². The van der Waals surface area contributed by atoms with Gasteiger partial charge in [0.15, 0.2) is 11.5 Å². The van der Waals surface area contributed by atoms with Crippen LogP contribution >= 0.6 is 23.2 Å². The quantitative estimate of drug-likeness (QED) is 0.473. The smallest absolute Gasteiger partial charge is 0.161 e. The molecule has 28 heavy (non-hydrogen) atoms. The molecule has 0 radical (unpaired) electrons. The molecule has 0 aromatic heterocycles. The van der Waals surface area contributed by atoms with Gasteiger partial charge >= 0.3 is 0 Å². The summed E-state index contributed by atoms with van der Waals surface area (Å²) in [6.07, 6.45) is 0. The molecule has 1 N–H and O–H groups in total. The third-order valence-corrected chi connectivity index (χ3v) is 4.93. The predicted octanol–water partition coefficient (Wildman–Crippen LogP) is 6.20. The van der Waals surface area contributed by atoms with Crippen LogP contribution in [0.4, 0.5) is 5.69 Å². The van der Waals surface area contributed by atoms with Crippen LogP contribution in [0.25, 0.3) is 0 Å². The molecule has 0 aliphatic rings. The second-order valence-electron chi connectivity index (χ2n) is 6.10. The van der Waals surface area contributed by atoms with E-state index >= 15 is 0 Å². The van der Waals surface area contributed by atoms with Gasteiger partial charge in [0.1, 0.15) is 12.4 Å². The Kier molecular flexibility index (Phi) is 6.90. The molecule has 0 unspecified atom stereocenters. The van der Waals surface area contributed by atoms with Crippen molar-refractivity contribution in [2.24, 2.45) is 0 Å². The van der Waals surface area contributed by atoms with Gasteiger partial charge in [-0.1, -0.05) is 35.3 Å². The van der Waals surface area contributed by atoms with E-state index in [9.17, 15) is 0 Å². The molecule has 4 nitrogen and oxygen atoms in total. The van der Waals surface area contributed by atoms with Crippen LogP contribution < -0.4 is 19.5 Å². The van der Waals surface area contributed by atoms with Gasteiger partial charge in [-0.05, 0) is 59.7 Å². The summed E-state index contributed by atoms with van der Waals surface area (Å²) < 4.78 is 16.5. The summed E-state index contributed by atoms with van der Waals surface area (Å²) in [5.41, 5.74) is 3.02. The van der Waals surface area contributed by atoms with Crippen molar-refractivity contribution in [1.29, 1.82) is 0 Å². The van der Waals surface area contributed by atoms with Gasteiger partial charge in [-0.2, -0.15) is 0 Å². The lowest BCUT2D eigenvalue weighted by atomic mass is 10.2. The zero-order valence-electron chi connectivity index (χ0n) is 15.7. The van der Waals surface area contributed by atoms with Crippen molar-refractivity contribution in [3.8, 4) is 17.2 Å². The fourth-order valence-corrected chi connectivity index (χ4v) is 2.97. The maximum absolute atomic E-state index is 6.05. The first-order chi connectivity index (χ1) is 13.6. The average molecular weight is 418 g/mol. The predicted molar refractivity (Wildman–Crippen MR) is 114 cm³/mol. The minimum Gasteiger partial charge on any atom is -0.497 e. The monoisotopic (exact) mass is 417 g/mol. The molecule has 146 valence electrons. The van der Waals surface area contributed by atoms with Crippen LogP contribution in [-0.4, -0.2) is 14.2 Å². The summed E-state index contributed by atoms with van der Waals surface area (Å²) >= 11 is 12.0. The number of ether oxygens (including phenoxy) is 3. The number of rotatable bonds is 8. The van der Waals surface area contributed by atoms with Crippen molar-refractivity contribution in [3.05, 3.63) is 81.8 Å². The number of halogens is 2. The highest BCUT2D eigenvalue weighted by Gasteiger charge is 2.08. The van der Waals surface area contributed by atoms with Crippen LogP contribution in [0.3, 0.4) is 0 Å². The minimum atomic E-state index is 0.372. The molecular weight excluding hydrogens is 397 g/mol. The van der Waals surface area contributed by atoms with Crippen LogP contribution in [0.1, 0.15) is 11.1 Å². The standard InChI is InChI=1S/C22H21Cl2NO3/c1-26-18-7-5-17(6-8-18)25-13-15-4-10-21(22(12-15)27-2)28-14-16-3-9-19(23)20(24)11-16/h3-12,25H,13-14H2,1-2H3. The topological polar surface area (TPSA) is 39.7 Å². The lowest BCUT2D eigenvalue weighted by Crippen LogP contribution is -2.02. The van der Waals surface area contributed by atoms with E-state index in [0.29, 0.717) is 34.7 Å². The Hall–Kier alpha value is -2.56. The van der Waals surface area contributed by atoms with Gasteiger partial charge in [-0.15, -0.1) is 0 Å². The minimum absolute atomic E-state index is 0.372. The van der Waals surface area contributed by atoms with Crippen molar-refractivity contribution in [2.45, 2.75) is 13.2 Å². The molecule has 0 bridgehead atoms. The van der Waals surface area contributed by atoms with Gasteiger partial charge in [-0.3, -0.25) is 0 Å². The molecule has 6 heteroatoms. The number of anilines is 1. The first-order valence-electron chi connectivity index (χ1n) is 8.70. The number of methoxy groups -OCH3 is 2. The fourth-order valence-electron chi connectivity index (χ4n) is 2.64. The highest BCUT2D eigenvalue weighted by Crippen LogP contribution is 2.30. The normalized spacial score (nSPS) is 10.4. The Morgan fingerprint density at radius 1 is 0.750 bits per heavy atom. The number of hydrogen-bond donors (Lipinski definition) is 1. The molecule has 0 amide bonds. The molecule has 3 aromatic rings. The molecule has 0 aliphatic carbocycles. The highest BCUT2D eigenvalue weighted by atomic mass is 35.5. The van der Waals surface area contributed by atoms with Crippen molar-refractivity contribution in [3.63, 3.8) is 0 Å². The van der Waals surface area contributed by atoms with Crippen LogP contribution in [0, 0.1) is 0 Å². The summed E-state index contributed by atoms with van der Waals surface area (Å²) in [6.45, 7) is 1.03. The lowest BCUT2D eigenvalue weighted by molar-refractivity contribution is 0.284. The van der Waals surface area contributed by atoms with Crippen LogP contribution in [0.15, 0.2) is 60.7 Å². The zero-order chi connectivity index (χ0) is 19.9. The Morgan fingerprint density at radius 3 is 2.18 bits per heavy atom. The van der Waals surface area contributed by atoms with E-state index in [0.717, 1.165) is 22.6 Å². The molecule has 0 atom stereocenters. The van der Waals surface area contributed by atoms with E-state index in [1.807, 2.05) is 48.5 Å². The summed E-state index contributed by atoms with van der Waals surface area (Å²) in [5, 5.41) is 4.41.